The normalized spacial score (nSPS) is 12.2. The van der Waals surface area contributed by atoms with Gasteiger partial charge in [-0.2, -0.15) is 0 Å². The van der Waals surface area contributed by atoms with Crippen molar-refractivity contribution in [1.29, 1.82) is 0 Å². The Morgan fingerprint density at radius 1 is 1.00 bits per heavy atom. The zero-order chi connectivity index (χ0) is 13.8. The first-order valence-corrected chi connectivity index (χ1v) is 6.62. The summed E-state index contributed by atoms with van der Waals surface area (Å²) in [5.74, 6) is 0. The lowest BCUT2D eigenvalue weighted by atomic mass is 10.1. The van der Waals surface area contributed by atoms with E-state index in [0.29, 0.717) is 0 Å². The van der Waals surface area contributed by atoms with Crippen LogP contribution in [-0.4, -0.2) is 21.3 Å². The summed E-state index contributed by atoms with van der Waals surface area (Å²) in [5, 5.41) is 9.68. The Bertz CT molecular complexity index is 662. The molecule has 3 rings (SSSR count). The van der Waals surface area contributed by atoms with Gasteiger partial charge < -0.3 is 9.67 Å². The first-order valence-electron chi connectivity index (χ1n) is 6.62. The second-order valence-electron chi connectivity index (χ2n) is 4.70. The minimum absolute atomic E-state index is 0.0541. The predicted octanol–water partition coefficient (Wildman–Crippen LogP) is 3.13. The summed E-state index contributed by atoms with van der Waals surface area (Å²) in [5.41, 5.74) is 3.28. The highest BCUT2D eigenvalue weighted by atomic mass is 16.3. The van der Waals surface area contributed by atoms with E-state index in [9.17, 15) is 5.11 Å². The zero-order valence-electron chi connectivity index (χ0n) is 11.1. The summed E-state index contributed by atoms with van der Waals surface area (Å²) in [7, 11) is 0. The van der Waals surface area contributed by atoms with Crippen LogP contribution in [0.3, 0.4) is 0 Å². The number of aliphatic hydroxyl groups excluding tert-OH is 1. The Morgan fingerprint density at radius 2 is 1.85 bits per heavy atom. The van der Waals surface area contributed by atoms with Crippen LogP contribution in [0.5, 0.6) is 0 Å². The van der Waals surface area contributed by atoms with Crippen LogP contribution < -0.4 is 0 Å². The summed E-state index contributed by atoms with van der Waals surface area (Å²) in [6.45, 7) is 0.0746. The fraction of sp³-hybridized carbons (Fsp3) is 0.118. The maximum Gasteiger partial charge on any atom is 0.0811 e. The number of hydrogen-bond acceptors (Lipinski definition) is 2. The molecule has 20 heavy (non-hydrogen) atoms. The average Bonchev–Trinajstić information content (AvgIpc) is 3.00. The highest BCUT2D eigenvalue weighted by molar-refractivity contribution is 5.61. The van der Waals surface area contributed by atoms with Gasteiger partial charge in [-0.25, -0.2) is 0 Å². The first-order chi connectivity index (χ1) is 9.88. The SMILES string of the molecule is OC[C@@H](c1ccccc1)n1ccc(-c2cccnc2)c1. The highest BCUT2D eigenvalue weighted by Crippen LogP contribution is 2.23. The molecule has 1 N–H and O–H groups in total. The van der Waals surface area contributed by atoms with Crippen molar-refractivity contribution in [2.75, 3.05) is 6.61 Å². The van der Waals surface area contributed by atoms with Gasteiger partial charge in [0.15, 0.2) is 0 Å². The number of hydrogen-bond donors (Lipinski definition) is 1. The Labute approximate surface area is 118 Å². The molecule has 1 aromatic carbocycles. The molecule has 3 heteroatoms. The van der Waals surface area contributed by atoms with E-state index in [1.165, 1.54) is 0 Å². The molecule has 0 amide bonds. The standard InChI is InChI=1S/C17H16N2O/c20-13-17(14-5-2-1-3-6-14)19-10-8-16(12-19)15-7-4-9-18-11-15/h1-12,17,20H,13H2/t17-/m0/s1. The fourth-order valence-electron chi connectivity index (χ4n) is 2.36. The van der Waals surface area contributed by atoms with E-state index in [-0.39, 0.29) is 12.6 Å². The van der Waals surface area contributed by atoms with Gasteiger partial charge in [0.25, 0.3) is 0 Å². The zero-order valence-corrected chi connectivity index (χ0v) is 11.1. The molecule has 0 aliphatic rings. The Morgan fingerprint density at radius 3 is 2.55 bits per heavy atom. The van der Waals surface area contributed by atoms with Crippen LogP contribution in [0.4, 0.5) is 0 Å². The van der Waals surface area contributed by atoms with Crippen LogP contribution in [0.2, 0.25) is 0 Å². The van der Waals surface area contributed by atoms with Gasteiger partial charge in [-0.05, 0) is 17.7 Å². The largest absolute Gasteiger partial charge is 0.394 e. The third-order valence-electron chi connectivity index (χ3n) is 3.43. The van der Waals surface area contributed by atoms with Crippen molar-refractivity contribution in [3.05, 3.63) is 78.9 Å². The molecule has 0 unspecified atom stereocenters. The summed E-state index contributed by atoms with van der Waals surface area (Å²) in [6.07, 6.45) is 7.65. The number of aromatic nitrogens is 2. The first kappa shape index (κ1) is 12.6. The third kappa shape index (κ3) is 2.49. The molecule has 3 aromatic rings. The van der Waals surface area contributed by atoms with E-state index in [1.54, 1.807) is 6.20 Å². The molecule has 0 aliphatic heterocycles. The number of pyridine rings is 1. The van der Waals surface area contributed by atoms with Crippen LogP contribution in [0.1, 0.15) is 11.6 Å². The molecule has 0 spiro atoms. The van der Waals surface area contributed by atoms with Gasteiger partial charge in [-0.15, -0.1) is 0 Å². The van der Waals surface area contributed by atoms with Crippen molar-refractivity contribution < 1.29 is 5.11 Å². The van der Waals surface area contributed by atoms with Crippen LogP contribution in [-0.2, 0) is 0 Å². The van der Waals surface area contributed by atoms with Gasteiger partial charge in [-0.1, -0.05) is 36.4 Å². The summed E-state index contributed by atoms with van der Waals surface area (Å²) < 4.78 is 2.04. The van der Waals surface area contributed by atoms with Gasteiger partial charge >= 0.3 is 0 Å². The van der Waals surface area contributed by atoms with E-state index < -0.39 is 0 Å². The molecule has 2 heterocycles. The average molecular weight is 264 g/mol. The molecule has 3 nitrogen and oxygen atoms in total. The maximum atomic E-state index is 9.68. The van der Waals surface area contributed by atoms with Crippen LogP contribution in [0, 0.1) is 0 Å². The van der Waals surface area contributed by atoms with E-state index in [1.807, 2.05) is 71.7 Å². The van der Waals surface area contributed by atoms with Crippen molar-refractivity contribution in [1.82, 2.24) is 9.55 Å². The summed E-state index contributed by atoms with van der Waals surface area (Å²) in [6, 6.07) is 16.0. The number of rotatable bonds is 4. The molecular weight excluding hydrogens is 248 g/mol. The quantitative estimate of drug-likeness (QED) is 0.786. The van der Waals surface area contributed by atoms with Gasteiger partial charge in [-0.3, -0.25) is 4.98 Å². The van der Waals surface area contributed by atoms with Gasteiger partial charge in [0.1, 0.15) is 0 Å². The monoisotopic (exact) mass is 264 g/mol. The number of nitrogens with zero attached hydrogens (tertiary/aromatic N) is 2. The van der Waals surface area contributed by atoms with Crippen LogP contribution >= 0.6 is 0 Å². The molecule has 0 fully saturated rings. The van der Waals surface area contributed by atoms with Gasteiger partial charge in [0, 0.05) is 35.9 Å². The molecule has 0 bridgehead atoms. The third-order valence-corrected chi connectivity index (χ3v) is 3.43. The van der Waals surface area contributed by atoms with Crippen molar-refractivity contribution in [3.63, 3.8) is 0 Å². The van der Waals surface area contributed by atoms with Crippen molar-refractivity contribution in [2.24, 2.45) is 0 Å². The van der Waals surface area contributed by atoms with E-state index in [2.05, 4.69) is 4.98 Å². The van der Waals surface area contributed by atoms with E-state index in [0.717, 1.165) is 16.7 Å². The van der Waals surface area contributed by atoms with Crippen LogP contribution in [0.15, 0.2) is 73.3 Å². The summed E-state index contributed by atoms with van der Waals surface area (Å²) in [4.78, 5) is 4.13. The lowest BCUT2D eigenvalue weighted by molar-refractivity contribution is 0.249. The predicted molar refractivity (Wildman–Crippen MR) is 79.3 cm³/mol. The molecule has 0 radical (unpaired) electrons. The van der Waals surface area contributed by atoms with Gasteiger partial charge in [0.2, 0.25) is 0 Å². The molecule has 100 valence electrons. The second-order valence-corrected chi connectivity index (χ2v) is 4.70. The Hall–Kier alpha value is -2.39. The Kier molecular flexibility index (Phi) is 3.61. The molecule has 2 aromatic heterocycles. The van der Waals surface area contributed by atoms with Crippen molar-refractivity contribution in [3.8, 4) is 11.1 Å². The van der Waals surface area contributed by atoms with Crippen LogP contribution in [0.25, 0.3) is 11.1 Å². The van der Waals surface area contributed by atoms with E-state index in [4.69, 9.17) is 0 Å². The fourth-order valence-corrected chi connectivity index (χ4v) is 2.36. The maximum absolute atomic E-state index is 9.68. The smallest absolute Gasteiger partial charge is 0.0811 e. The molecular formula is C17H16N2O. The lowest BCUT2D eigenvalue weighted by Crippen LogP contribution is -2.12. The highest BCUT2D eigenvalue weighted by Gasteiger charge is 2.12. The second kappa shape index (κ2) is 5.72. The summed E-state index contributed by atoms with van der Waals surface area (Å²) >= 11 is 0. The molecule has 0 saturated carbocycles. The number of benzene rings is 1. The molecule has 0 saturated heterocycles. The Balaban J connectivity index is 1.93. The van der Waals surface area contributed by atoms with E-state index >= 15 is 0 Å². The van der Waals surface area contributed by atoms with Crippen molar-refractivity contribution >= 4 is 0 Å². The minimum atomic E-state index is -0.0541. The van der Waals surface area contributed by atoms with Gasteiger partial charge in [0.05, 0.1) is 12.6 Å². The van der Waals surface area contributed by atoms with Crippen molar-refractivity contribution in [2.45, 2.75) is 6.04 Å². The molecule has 1 atom stereocenters. The topological polar surface area (TPSA) is 38.0 Å². The molecule has 0 aliphatic carbocycles. The minimum Gasteiger partial charge on any atom is -0.394 e. The number of aliphatic hydroxyl groups is 1. The lowest BCUT2D eigenvalue weighted by Gasteiger charge is -2.16.